The van der Waals surface area contributed by atoms with Gasteiger partial charge >= 0.3 is 6.11 Å². The number of aryl methyl sites for hydroxylation is 1. The van der Waals surface area contributed by atoms with E-state index in [-0.39, 0.29) is 11.3 Å². The summed E-state index contributed by atoms with van der Waals surface area (Å²) in [5.41, 5.74) is 4.01. The molecule has 0 saturated heterocycles. The third-order valence-electron chi connectivity index (χ3n) is 5.46. The normalized spacial score (nSPS) is 16.0. The molecule has 0 amide bonds. The number of ether oxygens (including phenoxy) is 1. The highest BCUT2D eigenvalue weighted by Crippen LogP contribution is 2.41. The zero-order chi connectivity index (χ0) is 21.8. The first-order valence-corrected chi connectivity index (χ1v) is 9.91. The maximum Gasteiger partial charge on any atom is 0.402 e. The van der Waals surface area contributed by atoms with Gasteiger partial charge in [-0.3, -0.25) is 0 Å². The molecule has 1 N–H and O–H groups in total. The number of benzene rings is 2. The summed E-state index contributed by atoms with van der Waals surface area (Å²) in [4.78, 5) is 4.38. The summed E-state index contributed by atoms with van der Waals surface area (Å²) in [7, 11) is 0. The van der Waals surface area contributed by atoms with Gasteiger partial charge in [0, 0.05) is 17.3 Å². The van der Waals surface area contributed by atoms with E-state index in [0.717, 1.165) is 35.1 Å². The quantitative estimate of drug-likeness (QED) is 0.485. The number of alkyl halides is 2. The van der Waals surface area contributed by atoms with Gasteiger partial charge in [-0.15, -0.1) is 0 Å². The number of pyridine rings is 1. The van der Waals surface area contributed by atoms with E-state index in [9.17, 15) is 17.6 Å². The Morgan fingerprint density at radius 1 is 1.06 bits per heavy atom. The molecule has 3 aromatic rings. The van der Waals surface area contributed by atoms with Gasteiger partial charge in [0.25, 0.3) is 0 Å². The van der Waals surface area contributed by atoms with Crippen molar-refractivity contribution in [2.75, 3.05) is 5.32 Å². The molecule has 1 aliphatic carbocycles. The number of allylic oxidation sites excluding steroid dienone is 1. The Morgan fingerprint density at radius 3 is 2.45 bits per heavy atom. The maximum atomic E-state index is 14.3. The standard InChI is InChI=1S/C24H18F4N2O/c1-13-9-20-16(11-24(27,28)31-20)10-17(13)15-7-8-21(29-12-15)30-23(14-5-6-14)22-18(25)3-2-4-19(22)26/h2-4,7-10,12H,5-6,11H2,1H3,(H,29,30). The first-order valence-electron chi connectivity index (χ1n) is 9.91. The van der Waals surface area contributed by atoms with E-state index >= 15 is 0 Å². The van der Waals surface area contributed by atoms with Crippen LogP contribution in [0, 0.1) is 18.6 Å². The molecule has 1 fully saturated rings. The van der Waals surface area contributed by atoms with E-state index in [1.54, 1.807) is 30.5 Å². The number of hydrogen-bond acceptors (Lipinski definition) is 3. The maximum absolute atomic E-state index is 14.3. The van der Waals surface area contributed by atoms with E-state index in [1.165, 1.54) is 18.2 Å². The van der Waals surface area contributed by atoms with Gasteiger partial charge in [0.1, 0.15) is 23.2 Å². The third kappa shape index (κ3) is 3.76. The van der Waals surface area contributed by atoms with E-state index < -0.39 is 24.2 Å². The second-order valence-electron chi connectivity index (χ2n) is 7.82. The summed E-state index contributed by atoms with van der Waals surface area (Å²) in [6.45, 7) is 1.82. The van der Waals surface area contributed by atoms with E-state index in [4.69, 9.17) is 4.74 Å². The molecule has 5 rings (SSSR count). The van der Waals surface area contributed by atoms with Crippen LogP contribution in [0.3, 0.4) is 0 Å². The molecule has 1 aromatic heterocycles. The molecule has 31 heavy (non-hydrogen) atoms. The monoisotopic (exact) mass is 426 g/mol. The molecule has 2 heterocycles. The average Bonchev–Trinajstić information content (AvgIpc) is 3.50. The first kappa shape index (κ1) is 19.6. The summed E-state index contributed by atoms with van der Waals surface area (Å²) in [5, 5.41) is 3.05. The number of halogens is 4. The van der Waals surface area contributed by atoms with Crippen molar-refractivity contribution < 1.29 is 22.3 Å². The molecule has 1 aliphatic heterocycles. The molecule has 1 saturated carbocycles. The fourth-order valence-corrected chi connectivity index (χ4v) is 3.82. The Bertz CT molecular complexity index is 1190. The lowest BCUT2D eigenvalue weighted by Crippen LogP contribution is -2.20. The van der Waals surface area contributed by atoms with Crippen LogP contribution < -0.4 is 10.1 Å². The molecule has 7 heteroatoms. The molecule has 0 radical (unpaired) electrons. The van der Waals surface area contributed by atoms with Gasteiger partial charge in [-0.1, -0.05) is 6.07 Å². The third-order valence-corrected chi connectivity index (χ3v) is 5.46. The fourth-order valence-electron chi connectivity index (χ4n) is 3.82. The molecule has 158 valence electrons. The molecule has 0 spiro atoms. The van der Waals surface area contributed by atoms with Gasteiger partial charge in [-0.05, 0) is 72.9 Å². The lowest BCUT2D eigenvalue weighted by molar-refractivity contribution is -0.159. The van der Waals surface area contributed by atoms with Crippen LogP contribution in [0.1, 0.15) is 29.5 Å². The number of hydrogen-bond donors (Lipinski definition) is 1. The van der Waals surface area contributed by atoms with Gasteiger partial charge in [-0.2, -0.15) is 8.78 Å². The highest BCUT2D eigenvalue weighted by molar-refractivity contribution is 5.81. The van der Waals surface area contributed by atoms with E-state index in [1.807, 2.05) is 6.92 Å². The minimum Gasteiger partial charge on any atom is -0.432 e. The molecule has 0 bridgehead atoms. The van der Waals surface area contributed by atoms with Crippen molar-refractivity contribution in [2.45, 2.75) is 32.3 Å². The first-order chi connectivity index (χ1) is 14.8. The van der Waals surface area contributed by atoms with Gasteiger partial charge < -0.3 is 10.1 Å². The van der Waals surface area contributed by atoms with Crippen molar-refractivity contribution in [1.82, 2.24) is 4.98 Å². The second-order valence-corrected chi connectivity index (χ2v) is 7.82. The van der Waals surface area contributed by atoms with Crippen molar-refractivity contribution in [3.05, 3.63) is 82.6 Å². The zero-order valence-corrected chi connectivity index (χ0v) is 16.6. The second kappa shape index (κ2) is 7.11. The van der Waals surface area contributed by atoms with Crippen molar-refractivity contribution in [2.24, 2.45) is 0 Å². The zero-order valence-electron chi connectivity index (χ0n) is 16.6. The van der Waals surface area contributed by atoms with E-state index in [2.05, 4.69) is 10.3 Å². The minimum absolute atomic E-state index is 0.0868. The molecule has 3 nitrogen and oxygen atoms in total. The van der Waals surface area contributed by atoms with Crippen molar-refractivity contribution in [1.29, 1.82) is 0 Å². The molecular weight excluding hydrogens is 408 g/mol. The van der Waals surface area contributed by atoms with Gasteiger partial charge in [0.2, 0.25) is 0 Å². The summed E-state index contributed by atoms with van der Waals surface area (Å²) in [5.74, 6) is -0.628. The molecule has 0 unspecified atom stereocenters. The SMILES string of the molecule is Cc1cc2c(cc1-c1ccc(NC(=C3CC3)c3c(F)cccc3F)nc1)CC(F)(F)O2. The molecular formula is C24H18F4N2O. The topological polar surface area (TPSA) is 34.2 Å². The van der Waals surface area contributed by atoms with Crippen LogP contribution in [0.15, 0.2) is 54.2 Å². The molecule has 2 aromatic carbocycles. The van der Waals surface area contributed by atoms with Crippen molar-refractivity contribution in [3.8, 4) is 16.9 Å². The number of nitrogens with zero attached hydrogens (tertiary/aromatic N) is 1. The van der Waals surface area contributed by atoms with Crippen LogP contribution in [0.25, 0.3) is 16.8 Å². The minimum atomic E-state index is -3.19. The summed E-state index contributed by atoms with van der Waals surface area (Å²) in [6.07, 6.45) is -0.496. The van der Waals surface area contributed by atoms with E-state index in [0.29, 0.717) is 17.1 Å². The van der Waals surface area contributed by atoms with Crippen LogP contribution in [0.4, 0.5) is 23.4 Å². The molecule has 2 aliphatic rings. The Kier molecular flexibility index (Phi) is 4.50. The number of rotatable bonds is 4. The summed E-state index contributed by atoms with van der Waals surface area (Å²) in [6, 6.07) is 10.6. The Balaban J connectivity index is 1.43. The lowest BCUT2D eigenvalue weighted by Gasteiger charge is -2.14. The summed E-state index contributed by atoms with van der Waals surface area (Å²) >= 11 is 0. The largest absolute Gasteiger partial charge is 0.432 e. The predicted octanol–water partition coefficient (Wildman–Crippen LogP) is 6.48. The highest BCUT2D eigenvalue weighted by Gasteiger charge is 2.40. The number of fused-ring (bicyclic) bond motifs is 1. The summed E-state index contributed by atoms with van der Waals surface area (Å²) < 4.78 is 60.4. The van der Waals surface area contributed by atoms with Gasteiger partial charge in [0.05, 0.1) is 17.7 Å². The number of anilines is 1. The highest BCUT2D eigenvalue weighted by atomic mass is 19.3. The fraction of sp³-hybridized carbons (Fsp3) is 0.208. The average molecular weight is 426 g/mol. The molecule has 0 atom stereocenters. The van der Waals surface area contributed by atoms with Crippen molar-refractivity contribution >= 4 is 11.5 Å². The smallest absolute Gasteiger partial charge is 0.402 e. The predicted molar refractivity (Wildman–Crippen MR) is 110 cm³/mol. The van der Waals surface area contributed by atoms with Crippen molar-refractivity contribution in [3.63, 3.8) is 0 Å². The van der Waals surface area contributed by atoms with Gasteiger partial charge in [-0.25, -0.2) is 13.8 Å². The Labute approximate surface area is 176 Å². The Hall–Kier alpha value is -3.35. The van der Waals surface area contributed by atoms with Crippen LogP contribution in [0.5, 0.6) is 5.75 Å². The number of aromatic nitrogens is 1. The Morgan fingerprint density at radius 2 is 1.81 bits per heavy atom. The van der Waals surface area contributed by atoms with Gasteiger partial charge in [0.15, 0.2) is 0 Å². The van der Waals surface area contributed by atoms with Crippen LogP contribution in [-0.2, 0) is 6.42 Å². The van der Waals surface area contributed by atoms with Crippen LogP contribution in [-0.4, -0.2) is 11.1 Å². The van der Waals surface area contributed by atoms with Crippen LogP contribution >= 0.6 is 0 Å². The lowest BCUT2D eigenvalue weighted by atomic mass is 9.98. The van der Waals surface area contributed by atoms with Crippen LogP contribution in [0.2, 0.25) is 0 Å². The number of nitrogens with one attached hydrogen (secondary N) is 1.